The number of carbonyl (C=O) groups excluding carboxylic acids is 1. The van der Waals surface area contributed by atoms with E-state index >= 15 is 0 Å². The standard InChI is InChI=1S/C9H14O3/c1-4-8(11-6-3)7-12-9(10)5-2/h4-5,8H,1-2,6-7H2,3H3. The fourth-order valence-corrected chi connectivity index (χ4v) is 0.621. The number of ether oxygens (including phenoxy) is 2. The largest absolute Gasteiger partial charge is 0.459 e. The smallest absolute Gasteiger partial charge is 0.330 e. The highest BCUT2D eigenvalue weighted by Gasteiger charge is 2.05. The Morgan fingerprint density at radius 1 is 1.58 bits per heavy atom. The van der Waals surface area contributed by atoms with Gasteiger partial charge >= 0.3 is 5.97 Å². The lowest BCUT2D eigenvalue weighted by atomic mass is 10.4. The van der Waals surface area contributed by atoms with Crippen molar-refractivity contribution in [1.82, 2.24) is 0 Å². The van der Waals surface area contributed by atoms with Gasteiger partial charge in [-0.1, -0.05) is 12.7 Å². The van der Waals surface area contributed by atoms with Crippen molar-refractivity contribution in [3.05, 3.63) is 25.3 Å². The summed E-state index contributed by atoms with van der Waals surface area (Å²) in [5.41, 5.74) is 0. The van der Waals surface area contributed by atoms with Gasteiger partial charge in [-0.05, 0) is 6.92 Å². The highest BCUT2D eigenvalue weighted by molar-refractivity contribution is 5.81. The molecule has 0 aromatic carbocycles. The molecule has 12 heavy (non-hydrogen) atoms. The Kier molecular flexibility index (Phi) is 6.01. The topological polar surface area (TPSA) is 35.5 Å². The van der Waals surface area contributed by atoms with Crippen molar-refractivity contribution in [2.75, 3.05) is 13.2 Å². The Morgan fingerprint density at radius 3 is 2.67 bits per heavy atom. The summed E-state index contributed by atoms with van der Waals surface area (Å²) >= 11 is 0. The number of esters is 1. The van der Waals surface area contributed by atoms with E-state index in [1.165, 1.54) is 0 Å². The Bertz CT molecular complexity index is 163. The number of carbonyl (C=O) groups is 1. The van der Waals surface area contributed by atoms with Gasteiger partial charge in [0.2, 0.25) is 0 Å². The quantitative estimate of drug-likeness (QED) is 0.342. The maximum atomic E-state index is 10.6. The molecule has 0 amide bonds. The van der Waals surface area contributed by atoms with Crippen LogP contribution in [0, 0.1) is 0 Å². The van der Waals surface area contributed by atoms with Crippen LogP contribution < -0.4 is 0 Å². The molecule has 0 radical (unpaired) electrons. The maximum absolute atomic E-state index is 10.6. The predicted molar refractivity (Wildman–Crippen MR) is 46.8 cm³/mol. The molecule has 0 aliphatic heterocycles. The molecule has 0 saturated heterocycles. The fraction of sp³-hybridized carbons (Fsp3) is 0.444. The van der Waals surface area contributed by atoms with Gasteiger partial charge in [0.15, 0.2) is 0 Å². The molecule has 68 valence electrons. The molecule has 0 bridgehead atoms. The van der Waals surface area contributed by atoms with Gasteiger partial charge in [-0.15, -0.1) is 6.58 Å². The first-order chi connectivity index (χ1) is 5.74. The number of hydrogen-bond acceptors (Lipinski definition) is 3. The van der Waals surface area contributed by atoms with E-state index in [1.807, 2.05) is 6.92 Å². The van der Waals surface area contributed by atoms with Crippen molar-refractivity contribution in [2.45, 2.75) is 13.0 Å². The van der Waals surface area contributed by atoms with E-state index in [4.69, 9.17) is 9.47 Å². The maximum Gasteiger partial charge on any atom is 0.330 e. The molecule has 0 aliphatic rings. The molecule has 0 rings (SSSR count). The number of rotatable bonds is 6. The Balaban J connectivity index is 3.63. The van der Waals surface area contributed by atoms with Gasteiger partial charge in [0.25, 0.3) is 0 Å². The highest BCUT2D eigenvalue weighted by Crippen LogP contribution is 1.94. The van der Waals surface area contributed by atoms with Crippen molar-refractivity contribution in [1.29, 1.82) is 0 Å². The second-order valence-electron chi connectivity index (χ2n) is 2.06. The molecule has 0 saturated carbocycles. The monoisotopic (exact) mass is 170 g/mol. The summed E-state index contributed by atoms with van der Waals surface area (Å²) in [6.07, 6.45) is 2.49. The molecule has 1 unspecified atom stereocenters. The molecule has 0 aromatic rings. The van der Waals surface area contributed by atoms with Crippen molar-refractivity contribution in [3.8, 4) is 0 Å². The third-order valence-corrected chi connectivity index (χ3v) is 1.20. The van der Waals surface area contributed by atoms with Crippen molar-refractivity contribution >= 4 is 5.97 Å². The molecule has 3 heteroatoms. The highest BCUT2D eigenvalue weighted by atomic mass is 16.6. The van der Waals surface area contributed by atoms with Gasteiger partial charge in [-0.3, -0.25) is 0 Å². The lowest BCUT2D eigenvalue weighted by Gasteiger charge is -2.11. The van der Waals surface area contributed by atoms with Crippen LogP contribution in [-0.4, -0.2) is 25.3 Å². The van der Waals surface area contributed by atoms with Gasteiger partial charge in [0.1, 0.15) is 12.7 Å². The summed E-state index contributed by atoms with van der Waals surface area (Å²) in [6.45, 7) is 9.45. The first-order valence-electron chi connectivity index (χ1n) is 3.78. The molecule has 3 nitrogen and oxygen atoms in total. The normalized spacial score (nSPS) is 11.8. The lowest BCUT2D eigenvalue weighted by molar-refractivity contribution is -0.140. The Labute approximate surface area is 72.7 Å². The van der Waals surface area contributed by atoms with E-state index in [2.05, 4.69) is 13.2 Å². The molecule has 1 atom stereocenters. The summed E-state index contributed by atoms with van der Waals surface area (Å²) in [5.74, 6) is -0.443. The zero-order valence-electron chi connectivity index (χ0n) is 7.29. The predicted octanol–water partition coefficient (Wildman–Crippen LogP) is 1.31. The molecule has 0 fully saturated rings. The van der Waals surface area contributed by atoms with Gasteiger partial charge in [-0.2, -0.15) is 0 Å². The average molecular weight is 170 g/mol. The van der Waals surface area contributed by atoms with Gasteiger partial charge in [0, 0.05) is 12.7 Å². The van der Waals surface area contributed by atoms with Gasteiger partial charge < -0.3 is 9.47 Å². The molecule has 0 N–H and O–H groups in total. The summed E-state index contributed by atoms with van der Waals surface area (Å²) in [6, 6.07) is 0. The SMILES string of the molecule is C=CC(=O)OCC(C=C)OCC. The Morgan fingerprint density at radius 2 is 2.25 bits per heavy atom. The van der Waals surface area contributed by atoms with Crippen LogP contribution in [0.1, 0.15) is 6.92 Å². The van der Waals surface area contributed by atoms with Crippen LogP contribution in [-0.2, 0) is 14.3 Å². The van der Waals surface area contributed by atoms with E-state index in [9.17, 15) is 4.79 Å². The van der Waals surface area contributed by atoms with E-state index in [-0.39, 0.29) is 12.7 Å². The van der Waals surface area contributed by atoms with Crippen LogP contribution in [0.2, 0.25) is 0 Å². The van der Waals surface area contributed by atoms with Crippen LogP contribution in [0.4, 0.5) is 0 Å². The second-order valence-corrected chi connectivity index (χ2v) is 2.06. The minimum Gasteiger partial charge on any atom is -0.459 e. The van der Waals surface area contributed by atoms with Crippen LogP contribution in [0.5, 0.6) is 0 Å². The molecule has 0 heterocycles. The third-order valence-electron chi connectivity index (χ3n) is 1.20. The summed E-state index contributed by atoms with van der Waals surface area (Å²) in [5, 5.41) is 0. The molecule has 0 aliphatic carbocycles. The minimum atomic E-state index is -0.443. The molecule has 0 aromatic heterocycles. The second kappa shape index (κ2) is 6.61. The fourth-order valence-electron chi connectivity index (χ4n) is 0.621. The van der Waals surface area contributed by atoms with Gasteiger partial charge in [0.05, 0.1) is 0 Å². The zero-order valence-corrected chi connectivity index (χ0v) is 7.29. The van der Waals surface area contributed by atoms with Crippen LogP contribution in [0.3, 0.4) is 0 Å². The lowest BCUT2D eigenvalue weighted by Crippen LogP contribution is -2.19. The van der Waals surface area contributed by atoms with E-state index in [0.717, 1.165) is 6.08 Å². The first-order valence-corrected chi connectivity index (χ1v) is 3.78. The van der Waals surface area contributed by atoms with E-state index in [0.29, 0.717) is 6.61 Å². The third kappa shape index (κ3) is 4.68. The average Bonchev–Trinajstić information content (AvgIpc) is 2.11. The van der Waals surface area contributed by atoms with E-state index < -0.39 is 5.97 Å². The van der Waals surface area contributed by atoms with E-state index in [1.54, 1.807) is 6.08 Å². The van der Waals surface area contributed by atoms with Crippen LogP contribution in [0.25, 0.3) is 0 Å². The first kappa shape index (κ1) is 10.9. The molecular weight excluding hydrogens is 156 g/mol. The summed E-state index contributed by atoms with van der Waals surface area (Å²) in [7, 11) is 0. The zero-order chi connectivity index (χ0) is 9.40. The molecular formula is C9H14O3. The molecule has 0 spiro atoms. The van der Waals surface area contributed by atoms with Gasteiger partial charge in [-0.25, -0.2) is 4.79 Å². The Hall–Kier alpha value is -1.09. The minimum absolute atomic E-state index is 0.197. The summed E-state index contributed by atoms with van der Waals surface area (Å²) in [4.78, 5) is 10.6. The van der Waals surface area contributed by atoms with Crippen LogP contribution >= 0.6 is 0 Å². The number of hydrogen-bond donors (Lipinski definition) is 0. The van der Waals surface area contributed by atoms with Crippen LogP contribution in [0.15, 0.2) is 25.3 Å². The van der Waals surface area contributed by atoms with Crippen molar-refractivity contribution < 1.29 is 14.3 Å². The van der Waals surface area contributed by atoms with Crippen molar-refractivity contribution in [3.63, 3.8) is 0 Å². The summed E-state index contributed by atoms with van der Waals surface area (Å²) < 4.78 is 9.90. The van der Waals surface area contributed by atoms with Crippen molar-refractivity contribution in [2.24, 2.45) is 0 Å².